The summed E-state index contributed by atoms with van der Waals surface area (Å²) in [6, 6.07) is 14.0. The summed E-state index contributed by atoms with van der Waals surface area (Å²) in [6.45, 7) is 0. The predicted molar refractivity (Wildman–Crippen MR) is 105 cm³/mol. The van der Waals surface area contributed by atoms with Crippen LogP contribution in [-0.4, -0.2) is 16.0 Å². The Hall–Kier alpha value is -3.19. The Kier molecular flexibility index (Phi) is 3.91. The van der Waals surface area contributed by atoms with Crippen LogP contribution in [0.3, 0.4) is 0 Å². The van der Waals surface area contributed by atoms with Crippen molar-refractivity contribution >= 4 is 6.34 Å². The quantitative estimate of drug-likeness (QED) is 0.721. The van der Waals surface area contributed by atoms with E-state index < -0.39 is 11.5 Å². The highest BCUT2D eigenvalue weighted by Crippen LogP contribution is 2.45. The highest BCUT2D eigenvalue weighted by atomic mass is 19.1. The molecule has 1 aliphatic carbocycles. The Labute approximate surface area is 161 Å². The number of fused-ring (bicyclic) bond motifs is 1. The molecule has 2 heterocycles. The number of nitrogens with one attached hydrogen (secondary N) is 1. The van der Waals surface area contributed by atoms with E-state index in [9.17, 15) is 4.39 Å². The van der Waals surface area contributed by atoms with Crippen LogP contribution in [0.1, 0.15) is 25.0 Å². The summed E-state index contributed by atoms with van der Waals surface area (Å²) in [5.74, 6) is 0.544. The molecular formula is C21H20FN5O. The molecule has 2 aliphatic rings. The van der Waals surface area contributed by atoms with Gasteiger partial charge in [0.2, 0.25) is 0 Å². The average Bonchev–Trinajstić information content (AvgIpc) is 3.09. The maximum atomic E-state index is 14.8. The lowest BCUT2D eigenvalue weighted by Crippen LogP contribution is -2.50. The Balaban J connectivity index is 1.51. The van der Waals surface area contributed by atoms with Crippen molar-refractivity contribution in [2.45, 2.75) is 24.9 Å². The summed E-state index contributed by atoms with van der Waals surface area (Å²) in [5.41, 5.74) is 10.9. The molecule has 0 radical (unpaired) electrons. The molecule has 1 aliphatic heterocycles. The molecule has 28 heavy (non-hydrogen) atoms. The first-order chi connectivity index (χ1) is 13.6. The fourth-order valence-corrected chi connectivity index (χ4v) is 3.79. The topological polar surface area (TPSA) is 77.5 Å². The Morgan fingerprint density at radius 1 is 1.18 bits per heavy atom. The van der Waals surface area contributed by atoms with Gasteiger partial charge in [0, 0.05) is 11.5 Å². The molecule has 0 saturated heterocycles. The van der Waals surface area contributed by atoms with Crippen LogP contribution in [0.5, 0.6) is 11.5 Å². The highest BCUT2D eigenvalue weighted by Gasteiger charge is 2.45. The third-order valence-electron chi connectivity index (χ3n) is 5.53. The molecule has 3 N–H and O–H groups in total. The monoisotopic (exact) mass is 377 g/mol. The lowest BCUT2D eigenvalue weighted by Gasteiger charge is -2.41. The highest BCUT2D eigenvalue weighted by molar-refractivity contribution is 5.71. The standard InChI is InChI=1S/C21H20FN5O/c22-17-11-14(9-10-18(17)28-16-7-2-1-3-8-16)19-20-21(23,15-5-4-6-15)25-12-26-27(20)13-24-19/h1-3,7-13,15H,4-6,23H2,(H,25,26). The van der Waals surface area contributed by atoms with Crippen LogP contribution in [0.4, 0.5) is 4.39 Å². The molecule has 7 heteroatoms. The van der Waals surface area contributed by atoms with E-state index in [2.05, 4.69) is 15.4 Å². The van der Waals surface area contributed by atoms with Crippen molar-refractivity contribution in [1.29, 1.82) is 0 Å². The predicted octanol–water partition coefficient (Wildman–Crippen LogP) is 3.98. The van der Waals surface area contributed by atoms with Crippen molar-refractivity contribution in [1.82, 2.24) is 9.66 Å². The summed E-state index contributed by atoms with van der Waals surface area (Å²) < 4.78 is 22.2. The molecule has 1 fully saturated rings. The minimum Gasteiger partial charge on any atom is -0.454 e. The molecule has 2 aromatic carbocycles. The summed E-state index contributed by atoms with van der Waals surface area (Å²) in [6.07, 6.45) is 6.46. The van der Waals surface area contributed by atoms with E-state index in [1.165, 1.54) is 6.07 Å². The Morgan fingerprint density at radius 2 is 2.00 bits per heavy atom. The van der Waals surface area contributed by atoms with Crippen LogP contribution in [0.2, 0.25) is 0 Å². The lowest BCUT2D eigenvalue weighted by molar-refractivity contribution is 0.166. The van der Waals surface area contributed by atoms with Gasteiger partial charge in [0.15, 0.2) is 17.2 Å². The normalized spacial score (nSPS) is 20.9. The van der Waals surface area contributed by atoms with E-state index in [-0.39, 0.29) is 11.7 Å². The number of aromatic nitrogens is 2. The van der Waals surface area contributed by atoms with Crippen molar-refractivity contribution in [3.8, 4) is 22.8 Å². The maximum absolute atomic E-state index is 14.8. The minimum atomic E-state index is -0.856. The molecule has 1 aromatic heterocycles. The number of aliphatic imine (C=N–C) groups is 1. The number of nitrogens with zero attached hydrogens (tertiary/aromatic N) is 3. The number of hydrogen-bond acceptors (Lipinski definition) is 5. The third kappa shape index (κ3) is 2.66. The number of ether oxygens (including phenoxy) is 1. The molecule has 1 atom stereocenters. The van der Waals surface area contributed by atoms with Gasteiger partial charge in [0.05, 0.1) is 5.69 Å². The summed E-state index contributed by atoms with van der Waals surface area (Å²) in [5, 5.41) is 0. The number of halogens is 1. The minimum absolute atomic E-state index is 0.164. The fraction of sp³-hybridized carbons (Fsp3) is 0.238. The number of nitrogens with two attached hydrogens (primary N) is 1. The number of para-hydroxylation sites is 1. The lowest BCUT2D eigenvalue weighted by atomic mass is 9.74. The number of imidazole rings is 1. The molecule has 6 nitrogen and oxygen atoms in total. The largest absolute Gasteiger partial charge is 0.454 e. The van der Waals surface area contributed by atoms with Gasteiger partial charge in [0.25, 0.3) is 0 Å². The molecule has 142 valence electrons. The molecule has 0 spiro atoms. The number of hydrogen-bond donors (Lipinski definition) is 2. The van der Waals surface area contributed by atoms with Crippen LogP contribution < -0.4 is 15.9 Å². The first kappa shape index (κ1) is 16.9. The smallest absolute Gasteiger partial charge is 0.166 e. The molecular weight excluding hydrogens is 357 g/mol. The average molecular weight is 377 g/mol. The van der Waals surface area contributed by atoms with Gasteiger partial charge < -0.3 is 10.5 Å². The van der Waals surface area contributed by atoms with Gasteiger partial charge in [-0.15, -0.1) is 0 Å². The number of rotatable bonds is 4. The molecule has 3 aromatic rings. The second-order valence-electron chi connectivity index (χ2n) is 7.21. The Morgan fingerprint density at radius 3 is 2.71 bits per heavy atom. The Bertz CT molecular complexity index is 1040. The summed E-state index contributed by atoms with van der Waals surface area (Å²) in [7, 11) is 0. The molecule has 1 saturated carbocycles. The third-order valence-corrected chi connectivity index (χ3v) is 5.53. The van der Waals surface area contributed by atoms with Crippen molar-refractivity contribution in [2.75, 3.05) is 5.43 Å². The van der Waals surface area contributed by atoms with Gasteiger partial charge in [-0.1, -0.05) is 24.6 Å². The van der Waals surface area contributed by atoms with Crippen LogP contribution in [0.15, 0.2) is 59.9 Å². The second-order valence-corrected chi connectivity index (χ2v) is 7.21. The van der Waals surface area contributed by atoms with E-state index in [0.717, 1.165) is 25.0 Å². The zero-order chi connectivity index (χ0) is 19.1. The molecule has 1 unspecified atom stereocenters. The van der Waals surface area contributed by atoms with Gasteiger partial charge in [-0.2, -0.15) is 0 Å². The fourth-order valence-electron chi connectivity index (χ4n) is 3.79. The van der Waals surface area contributed by atoms with Gasteiger partial charge in [-0.3, -0.25) is 5.43 Å². The van der Waals surface area contributed by atoms with Crippen LogP contribution in [0, 0.1) is 11.7 Å². The number of benzene rings is 2. The zero-order valence-corrected chi connectivity index (χ0v) is 15.2. The van der Waals surface area contributed by atoms with Crippen molar-refractivity contribution < 1.29 is 9.13 Å². The first-order valence-electron chi connectivity index (χ1n) is 9.35. The van der Waals surface area contributed by atoms with Gasteiger partial charge in [0.1, 0.15) is 24.1 Å². The molecule has 0 bridgehead atoms. The van der Waals surface area contributed by atoms with E-state index in [1.807, 2.05) is 18.2 Å². The SMILES string of the molecule is NC1(C2CCC2)N=CNn2cnc(-c3ccc(Oc4ccccc4)c(F)c3)c21. The van der Waals surface area contributed by atoms with Crippen molar-refractivity contribution in [3.05, 3.63) is 66.4 Å². The van der Waals surface area contributed by atoms with Gasteiger partial charge >= 0.3 is 0 Å². The molecule has 5 rings (SSSR count). The first-order valence-corrected chi connectivity index (χ1v) is 9.35. The molecule has 0 amide bonds. The van der Waals surface area contributed by atoms with E-state index in [1.54, 1.807) is 41.6 Å². The van der Waals surface area contributed by atoms with E-state index >= 15 is 0 Å². The van der Waals surface area contributed by atoms with Crippen LogP contribution in [-0.2, 0) is 5.66 Å². The van der Waals surface area contributed by atoms with Crippen LogP contribution >= 0.6 is 0 Å². The van der Waals surface area contributed by atoms with E-state index in [4.69, 9.17) is 10.5 Å². The zero-order valence-electron chi connectivity index (χ0n) is 15.2. The maximum Gasteiger partial charge on any atom is 0.166 e. The van der Waals surface area contributed by atoms with Crippen molar-refractivity contribution in [2.24, 2.45) is 16.6 Å². The summed E-state index contributed by atoms with van der Waals surface area (Å²) in [4.78, 5) is 9.03. The van der Waals surface area contributed by atoms with Crippen molar-refractivity contribution in [3.63, 3.8) is 0 Å². The summed E-state index contributed by atoms with van der Waals surface area (Å²) >= 11 is 0. The second kappa shape index (κ2) is 6.45. The van der Waals surface area contributed by atoms with Crippen LogP contribution in [0.25, 0.3) is 11.3 Å². The van der Waals surface area contributed by atoms with E-state index in [0.29, 0.717) is 17.0 Å². The van der Waals surface area contributed by atoms with Gasteiger partial charge in [-0.05, 0) is 43.2 Å². The van der Waals surface area contributed by atoms with Gasteiger partial charge in [-0.25, -0.2) is 19.0 Å².